The second-order valence-electron chi connectivity index (χ2n) is 11.0. The maximum absolute atomic E-state index is 12.8. The minimum Gasteiger partial charge on any atom is -0.357 e. The Morgan fingerprint density at radius 2 is 1.73 bits per heavy atom. The van der Waals surface area contributed by atoms with Crippen LogP contribution >= 0.6 is 0 Å². The molecule has 2 saturated heterocycles. The number of amidine groups is 2. The highest BCUT2D eigenvalue weighted by atomic mass is 16.1. The Morgan fingerprint density at radius 3 is 2.45 bits per heavy atom. The Morgan fingerprint density at radius 1 is 0.975 bits per heavy atom. The maximum atomic E-state index is 12.8. The number of aliphatic imine (C=N–C) groups is 2. The zero-order valence-electron chi connectivity index (χ0n) is 24.0. The van der Waals surface area contributed by atoms with Crippen molar-refractivity contribution < 1.29 is 4.79 Å². The smallest absolute Gasteiger partial charge is 0.255 e. The SMILES string of the molecule is C/C=C1/N=C(Nc2cc(C(=O)Nc3ccccc3)ccn2)C(C)CCC(N2CCN(C3CCN(C)CC3)CC2)=N1. The van der Waals surface area contributed by atoms with Crippen LogP contribution in [0.5, 0.6) is 0 Å². The molecule has 1 atom stereocenters. The number of piperazine rings is 1. The number of piperidine rings is 1. The molecule has 0 saturated carbocycles. The van der Waals surface area contributed by atoms with Crippen LogP contribution < -0.4 is 10.6 Å². The molecule has 1 aromatic carbocycles. The molecule has 0 spiro atoms. The normalized spacial score (nSPS) is 22.7. The van der Waals surface area contributed by atoms with E-state index in [1.165, 1.54) is 25.9 Å². The van der Waals surface area contributed by atoms with Gasteiger partial charge in [0, 0.05) is 62.0 Å². The Balaban J connectivity index is 1.23. The van der Waals surface area contributed by atoms with Crippen LogP contribution in [0.25, 0.3) is 0 Å². The van der Waals surface area contributed by atoms with Crippen LogP contribution in [0, 0.1) is 5.92 Å². The van der Waals surface area contributed by atoms with Gasteiger partial charge in [0.05, 0.1) is 0 Å². The zero-order chi connectivity index (χ0) is 27.9. The van der Waals surface area contributed by atoms with Gasteiger partial charge in [0.25, 0.3) is 5.91 Å². The number of carbonyl (C=O) groups excluding carboxylic acids is 1. The van der Waals surface area contributed by atoms with E-state index >= 15 is 0 Å². The number of rotatable bonds is 4. The van der Waals surface area contributed by atoms with E-state index in [9.17, 15) is 4.79 Å². The fourth-order valence-corrected chi connectivity index (χ4v) is 5.64. The molecule has 1 amide bonds. The Hall–Kier alpha value is -3.56. The molecule has 1 unspecified atom stereocenters. The van der Waals surface area contributed by atoms with E-state index in [0.717, 1.165) is 62.4 Å². The number of likely N-dealkylation sites (tertiary alicyclic amines) is 1. The lowest BCUT2D eigenvalue weighted by Crippen LogP contribution is -2.54. The van der Waals surface area contributed by atoms with Gasteiger partial charge in [0.1, 0.15) is 17.5 Å². The van der Waals surface area contributed by atoms with E-state index < -0.39 is 0 Å². The van der Waals surface area contributed by atoms with Gasteiger partial charge < -0.3 is 20.4 Å². The summed E-state index contributed by atoms with van der Waals surface area (Å²) in [4.78, 5) is 34.8. The van der Waals surface area contributed by atoms with Crippen LogP contribution in [0.4, 0.5) is 11.5 Å². The minimum atomic E-state index is -0.177. The van der Waals surface area contributed by atoms with Gasteiger partial charge in [0.2, 0.25) is 0 Å². The van der Waals surface area contributed by atoms with Gasteiger partial charge in [-0.3, -0.25) is 9.69 Å². The highest BCUT2D eigenvalue weighted by molar-refractivity contribution is 6.05. The molecule has 1 aromatic heterocycles. The van der Waals surface area contributed by atoms with Crippen molar-refractivity contribution in [2.75, 3.05) is 56.9 Å². The third-order valence-corrected chi connectivity index (χ3v) is 8.20. The monoisotopic (exact) mass is 542 g/mol. The lowest BCUT2D eigenvalue weighted by atomic mass is 10.0. The standard InChI is InChI=1S/C31H42N8O/c1-4-27-34-29(39-20-18-38(19-21-39)26-13-16-37(3)17-14-26)11-10-23(2)30(35-27)36-28-22-24(12-15-32-28)31(40)33-25-8-6-5-7-9-25/h4-9,12,15,22-23,26H,10-11,13-14,16-21H2,1-3H3,(H,33,40)(H,32,35,36)/b27-4+,34-29?. The Bertz CT molecular complexity index is 1240. The number of hydrogen-bond donors (Lipinski definition) is 2. The average Bonchev–Trinajstić information content (AvgIpc) is 2.98. The molecule has 3 aliphatic rings. The molecule has 0 aliphatic carbocycles. The highest BCUT2D eigenvalue weighted by Crippen LogP contribution is 2.22. The van der Waals surface area contributed by atoms with E-state index in [0.29, 0.717) is 17.2 Å². The van der Waals surface area contributed by atoms with Crippen molar-refractivity contribution in [1.29, 1.82) is 0 Å². The van der Waals surface area contributed by atoms with E-state index in [4.69, 9.17) is 9.98 Å². The van der Waals surface area contributed by atoms with Gasteiger partial charge in [-0.1, -0.05) is 25.1 Å². The van der Waals surface area contributed by atoms with Crippen molar-refractivity contribution in [3.05, 3.63) is 66.1 Å². The summed E-state index contributed by atoms with van der Waals surface area (Å²) in [5, 5.41) is 6.32. The number of para-hydroxylation sites is 1. The predicted molar refractivity (Wildman–Crippen MR) is 163 cm³/mol. The number of aromatic nitrogens is 1. The van der Waals surface area contributed by atoms with Crippen LogP contribution in [0.3, 0.4) is 0 Å². The van der Waals surface area contributed by atoms with Gasteiger partial charge in [-0.2, -0.15) is 0 Å². The van der Waals surface area contributed by atoms with Crippen molar-refractivity contribution in [2.24, 2.45) is 15.9 Å². The zero-order valence-corrected chi connectivity index (χ0v) is 24.0. The summed E-state index contributed by atoms with van der Waals surface area (Å²) in [6.45, 7) is 10.8. The van der Waals surface area contributed by atoms with Crippen molar-refractivity contribution in [2.45, 2.75) is 45.6 Å². The quantitative estimate of drug-likeness (QED) is 0.590. The first kappa shape index (κ1) is 28.0. The van der Waals surface area contributed by atoms with Gasteiger partial charge >= 0.3 is 0 Å². The van der Waals surface area contributed by atoms with Crippen LogP contribution in [-0.2, 0) is 0 Å². The molecular formula is C31H42N8O. The number of hydrogen-bond acceptors (Lipinski definition) is 8. The average molecular weight is 543 g/mol. The molecule has 2 N–H and O–H groups in total. The Labute approximate surface area is 238 Å². The topological polar surface area (TPSA) is 88.5 Å². The molecule has 2 fully saturated rings. The van der Waals surface area contributed by atoms with Crippen LogP contribution in [0.15, 0.2) is 70.5 Å². The minimum absolute atomic E-state index is 0.177. The lowest BCUT2D eigenvalue weighted by molar-refractivity contribution is 0.0855. The largest absolute Gasteiger partial charge is 0.357 e. The lowest BCUT2D eigenvalue weighted by Gasteiger charge is -2.43. The molecule has 0 radical (unpaired) electrons. The van der Waals surface area contributed by atoms with Crippen molar-refractivity contribution >= 4 is 29.1 Å². The number of benzene rings is 1. The van der Waals surface area contributed by atoms with Crippen molar-refractivity contribution in [1.82, 2.24) is 19.7 Å². The fraction of sp³-hybridized carbons (Fsp3) is 0.484. The highest BCUT2D eigenvalue weighted by Gasteiger charge is 2.28. The molecule has 3 aliphatic heterocycles. The second-order valence-corrected chi connectivity index (χ2v) is 11.0. The number of anilines is 2. The van der Waals surface area contributed by atoms with Crippen LogP contribution in [0.2, 0.25) is 0 Å². The van der Waals surface area contributed by atoms with Gasteiger partial charge in [-0.05, 0) is 76.7 Å². The fourth-order valence-electron chi connectivity index (χ4n) is 5.64. The maximum Gasteiger partial charge on any atom is 0.255 e. The summed E-state index contributed by atoms with van der Waals surface area (Å²) in [6, 6.07) is 13.6. The predicted octanol–water partition coefficient (Wildman–Crippen LogP) is 4.55. The third-order valence-electron chi connectivity index (χ3n) is 8.20. The van der Waals surface area contributed by atoms with E-state index in [1.807, 2.05) is 43.3 Å². The summed E-state index contributed by atoms with van der Waals surface area (Å²) in [5.41, 5.74) is 1.29. The van der Waals surface area contributed by atoms with E-state index in [1.54, 1.807) is 18.3 Å². The first-order valence-corrected chi connectivity index (χ1v) is 14.6. The van der Waals surface area contributed by atoms with Crippen molar-refractivity contribution in [3.8, 4) is 0 Å². The molecule has 212 valence electrons. The van der Waals surface area contributed by atoms with Crippen LogP contribution in [-0.4, -0.2) is 89.6 Å². The van der Waals surface area contributed by atoms with Crippen LogP contribution in [0.1, 0.15) is 49.9 Å². The van der Waals surface area contributed by atoms with Gasteiger partial charge in [-0.25, -0.2) is 15.0 Å². The summed E-state index contributed by atoms with van der Waals surface area (Å²) in [6.07, 6.45) is 8.00. The number of nitrogens with zero attached hydrogens (tertiary/aromatic N) is 6. The van der Waals surface area contributed by atoms with E-state index in [-0.39, 0.29) is 11.8 Å². The van der Waals surface area contributed by atoms with Gasteiger partial charge in [-0.15, -0.1) is 0 Å². The molecule has 5 rings (SSSR count). The first-order valence-electron chi connectivity index (χ1n) is 14.6. The summed E-state index contributed by atoms with van der Waals surface area (Å²) < 4.78 is 0. The molecule has 9 nitrogen and oxygen atoms in total. The number of allylic oxidation sites excluding steroid dienone is 1. The number of nitrogens with one attached hydrogen (secondary N) is 2. The van der Waals surface area contributed by atoms with E-state index in [2.05, 4.69) is 44.3 Å². The molecule has 0 bridgehead atoms. The third kappa shape index (κ3) is 7.14. The summed E-state index contributed by atoms with van der Waals surface area (Å²) >= 11 is 0. The first-order chi connectivity index (χ1) is 19.5. The van der Waals surface area contributed by atoms with Crippen molar-refractivity contribution in [3.63, 3.8) is 0 Å². The summed E-state index contributed by atoms with van der Waals surface area (Å²) in [5.74, 6) is 3.27. The molecule has 9 heteroatoms. The molecule has 40 heavy (non-hydrogen) atoms. The number of pyridine rings is 1. The summed E-state index contributed by atoms with van der Waals surface area (Å²) in [7, 11) is 2.23. The second kappa shape index (κ2) is 13.2. The molecule has 4 heterocycles. The van der Waals surface area contributed by atoms with Gasteiger partial charge in [0.15, 0.2) is 5.82 Å². The Kier molecular flexibility index (Phi) is 9.23. The molecular weight excluding hydrogens is 500 g/mol. The number of amides is 1. The number of carbonyl (C=O) groups is 1. The molecule has 2 aromatic rings.